The second kappa shape index (κ2) is 3.78. The minimum absolute atomic E-state index is 0.0295. The lowest BCUT2D eigenvalue weighted by Crippen LogP contribution is -2.21. The maximum atomic E-state index is 12.4. The van der Waals surface area contributed by atoms with Gasteiger partial charge in [0.05, 0.1) is 10.9 Å². The highest BCUT2D eigenvalue weighted by Gasteiger charge is 2.26. The van der Waals surface area contributed by atoms with Crippen molar-refractivity contribution in [1.82, 2.24) is 9.55 Å². The van der Waals surface area contributed by atoms with Crippen LogP contribution in [-0.4, -0.2) is 9.55 Å². The van der Waals surface area contributed by atoms with E-state index in [1.54, 1.807) is 4.57 Å². The Bertz CT molecular complexity index is 728. The Hall–Kier alpha value is -0.940. The van der Waals surface area contributed by atoms with E-state index in [9.17, 15) is 4.79 Å². The highest BCUT2D eigenvalue weighted by atomic mass is 79.9. The molecule has 1 aliphatic carbocycles. The number of nitrogens with one attached hydrogen (secondary N) is 1. The summed E-state index contributed by atoms with van der Waals surface area (Å²) < 4.78 is 3.23. The van der Waals surface area contributed by atoms with Crippen LogP contribution in [0.3, 0.4) is 0 Å². The van der Waals surface area contributed by atoms with Gasteiger partial charge >= 0.3 is 0 Å². The molecule has 1 N–H and O–H groups in total. The first-order valence-electron chi connectivity index (χ1n) is 5.53. The molecule has 1 aromatic carbocycles. The monoisotopic (exact) mass is 310 g/mol. The van der Waals surface area contributed by atoms with Crippen LogP contribution in [-0.2, 0) is 0 Å². The molecular weight excluding hydrogens is 300 g/mol. The highest BCUT2D eigenvalue weighted by Crippen LogP contribution is 2.34. The molecule has 3 nitrogen and oxygen atoms in total. The summed E-state index contributed by atoms with van der Waals surface area (Å²) in [6.45, 7) is 1.97. The lowest BCUT2D eigenvalue weighted by molar-refractivity contribution is 0.685. The smallest absolute Gasteiger partial charge is 0.262 e. The molecule has 88 valence electrons. The van der Waals surface area contributed by atoms with Gasteiger partial charge in [-0.1, -0.05) is 15.9 Å². The molecule has 1 saturated carbocycles. The minimum Gasteiger partial charge on any atom is -0.331 e. The third-order valence-electron chi connectivity index (χ3n) is 3.21. The first-order valence-corrected chi connectivity index (χ1v) is 6.73. The van der Waals surface area contributed by atoms with Crippen molar-refractivity contribution in [3.63, 3.8) is 0 Å². The summed E-state index contributed by atoms with van der Waals surface area (Å²) in [7, 11) is 0. The second-order valence-electron chi connectivity index (χ2n) is 4.43. The van der Waals surface area contributed by atoms with Crippen LogP contribution >= 0.6 is 28.1 Å². The average Bonchev–Trinajstić information content (AvgIpc) is 3.08. The molecule has 0 spiro atoms. The van der Waals surface area contributed by atoms with Crippen molar-refractivity contribution >= 4 is 39.1 Å². The number of hydrogen-bond donors (Lipinski definition) is 1. The Morgan fingerprint density at radius 2 is 2.18 bits per heavy atom. The summed E-state index contributed by atoms with van der Waals surface area (Å²) in [6, 6.07) is 4.06. The van der Waals surface area contributed by atoms with Crippen molar-refractivity contribution in [2.45, 2.75) is 25.8 Å². The van der Waals surface area contributed by atoms with Gasteiger partial charge in [0.1, 0.15) is 0 Å². The second-order valence-corrected chi connectivity index (χ2v) is 5.67. The SMILES string of the molecule is Cc1c(Br)ccc2c(=O)n(C3CC3)c(=S)[nH]c12. The van der Waals surface area contributed by atoms with Crippen molar-refractivity contribution in [3.8, 4) is 0 Å². The zero-order valence-electron chi connectivity index (χ0n) is 9.29. The van der Waals surface area contributed by atoms with Crippen LogP contribution in [0.4, 0.5) is 0 Å². The van der Waals surface area contributed by atoms with Crippen LogP contribution in [0.1, 0.15) is 24.4 Å². The van der Waals surface area contributed by atoms with Crippen molar-refractivity contribution in [2.75, 3.05) is 0 Å². The fraction of sp³-hybridized carbons (Fsp3) is 0.333. The van der Waals surface area contributed by atoms with Crippen LogP contribution in [0.2, 0.25) is 0 Å². The number of H-pyrrole nitrogens is 1. The van der Waals surface area contributed by atoms with E-state index in [1.165, 1.54) is 0 Å². The molecule has 3 rings (SSSR count). The van der Waals surface area contributed by atoms with E-state index in [2.05, 4.69) is 20.9 Å². The van der Waals surface area contributed by atoms with E-state index < -0.39 is 0 Å². The number of halogens is 1. The number of nitrogens with zero attached hydrogens (tertiary/aromatic N) is 1. The van der Waals surface area contributed by atoms with E-state index in [1.807, 2.05) is 19.1 Å². The molecule has 1 fully saturated rings. The van der Waals surface area contributed by atoms with E-state index in [-0.39, 0.29) is 5.56 Å². The number of hydrogen-bond acceptors (Lipinski definition) is 2. The molecule has 0 saturated heterocycles. The summed E-state index contributed by atoms with van der Waals surface area (Å²) in [5, 5.41) is 0.714. The third-order valence-corrected chi connectivity index (χ3v) is 4.37. The number of aryl methyl sites for hydroxylation is 1. The third kappa shape index (κ3) is 1.68. The summed E-state index contributed by atoms with van der Waals surface area (Å²) >= 11 is 8.74. The van der Waals surface area contributed by atoms with Crippen molar-refractivity contribution in [1.29, 1.82) is 0 Å². The summed E-state index contributed by atoms with van der Waals surface area (Å²) in [4.78, 5) is 15.5. The summed E-state index contributed by atoms with van der Waals surface area (Å²) in [5.41, 5.74) is 1.89. The fourth-order valence-electron chi connectivity index (χ4n) is 2.08. The number of aromatic amines is 1. The maximum Gasteiger partial charge on any atom is 0.262 e. The topological polar surface area (TPSA) is 37.8 Å². The predicted molar refractivity (Wildman–Crippen MR) is 74.1 cm³/mol. The van der Waals surface area contributed by atoms with Crippen molar-refractivity contribution in [2.24, 2.45) is 0 Å². The van der Waals surface area contributed by atoms with E-state index >= 15 is 0 Å². The predicted octanol–water partition coefficient (Wildman–Crippen LogP) is 3.46. The Morgan fingerprint density at radius 3 is 2.82 bits per heavy atom. The lowest BCUT2D eigenvalue weighted by Gasteiger charge is -2.09. The molecule has 0 atom stereocenters. The first-order chi connectivity index (χ1) is 8.09. The molecule has 1 aliphatic rings. The minimum atomic E-state index is 0.0295. The molecule has 5 heteroatoms. The van der Waals surface area contributed by atoms with Gasteiger partial charge in [0.15, 0.2) is 4.77 Å². The molecule has 2 aromatic rings. The van der Waals surface area contributed by atoms with Crippen LogP contribution in [0.15, 0.2) is 21.4 Å². The largest absolute Gasteiger partial charge is 0.331 e. The number of rotatable bonds is 1. The van der Waals surface area contributed by atoms with Gasteiger partial charge < -0.3 is 4.98 Å². The van der Waals surface area contributed by atoms with Gasteiger partial charge in [0.25, 0.3) is 5.56 Å². The molecule has 0 radical (unpaired) electrons. The van der Waals surface area contributed by atoms with Crippen LogP contribution in [0.25, 0.3) is 10.9 Å². The number of aromatic nitrogens is 2. The van der Waals surface area contributed by atoms with E-state index in [4.69, 9.17) is 12.2 Å². The summed E-state index contributed by atoms with van der Waals surface area (Å²) in [6.07, 6.45) is 2.11. The van der Waals surface area contributed by atoms with Crippen molar-refractivity contribution < 1.29 is 0 Å². The van der Waals surface area contributed by atoms with Crippen LogP contribution in [0.5, 0.6) is 0 Å². The molecular formula is C12H11BrN2OS. The van der Waals surface area contributed by atoms with Gasteiger partial charge in [-0.15, -0.1) is 0 Å². The van der Waals surface area contributed by atoms with Gasteiger partial charge in [0.2, 0.25) is 0 Å². The average molecular weight is 311 g/mol. The molecule has 0 bridgehead atoms. The van der Waals surface area contributed by atoms with Gasteiger partial charge in [-0.3, -0.25) is 9.36 Å². The highest BCUT2D eigenvalue weighted by molar-refractivity contribution is 9.10. The van der Waals surface area contributed by atoms with Gasteiger partial charge in [0, 0.05) is 10.5 Å². The molecule has 17 heavy (non-hydrogen) atoms. The zero-order chi connectivity index (χ0) is 12.2. The number of benzene rings is 1. The van der Waals surface area contributed by atoms with E-state index in [0.29, 0.717) is 16.2 Å². The Labute approximate surface area is 112 Å². The fourth-order valence-corrected chi connectivity index (χ4v) is 2.74. The lowest BCUT2D eigenvalue weighted by atomic mass is 10.1. The molecule has 1 aromatic heterocycles. The Balaban J connectivity index is 2.48. The Kier molecular flexibility index (Phi) is 2.48. The summed E-state index contributed by atoms with van der Waals surface area (Å²) in [5.74, 6) is 0. The molecule has 0 amide bonds. The van der Waals surface area contributed by atoms with Crippen molar-refractivity contribution in [3.05, 3.63) is 37.3 Å². The quantitative estimate of drug-likeness (QED) is 0.819. The zero-order valence-corrected chi connectivity index (χ0v) is 11.7. The van der Waals surface area contributed by atoms with E-state index in [0.717, 1.165) is 28.4 Å². The Morgan fingerprint density at radius 1 is 1.47 bits per heavy atom. The first kappa shape index (κ1) is 11.2. The standard InChI is InChI=1S/C12H11BrN2OS/c1-6-9(13)5-4-8-10(6)14-12(17)15(11(8)16)7-2-3-7/h4-5,7H,2-3H2,1H3,(H,14,17). The maximum absolute atomic E-state index is 12.4. The molecule has 1 heterocycles. The van der Waals surface area contributed by atoms with Gasteiger partial charge in [-0.05, 0) is 49.7 Å². The molecule has 0 aliphatic heterocycles. The van der Waals surface area contributed by atoms with Gasteiger partial charge in [-0.25, -0.2) is 0 Å². The van der Waals surface area contributed by atoms with Crippen LogP contribution in [0, 0.1) is 11.7 Å². The normalized spacial score (nSPS) is 15.4. The number of fused-ring (bicyclic) bond motifs is 1. The van der Waals surface area contributed by atoms with Gasteiger partial charge in [-0.2, -0.15) is 0 Å². The van der Waals surface area contributed by atoms with Crippen LogP contribution < -0.4 is 5.56 Å². The molecule has 0 unspecified atom stereocenters.